The first-order valence-corrected chi connectivity index (χ1v) is 10.0. The Morgan fingerprint density at radius 2 is 1.66 bits per heavy atom. The highest BCUT2D eigenvalue weighted by atomic mass is 16.5. The van der Waals surface area contributed by atoms with Gasteiger partial charge in [0.25, 0.3) is 0 Å². The van der Waals surface area contributed by atoms with E-state index in [1.54, 1.807) is 12.1 Å². The van der Waals surface area contributed by atoms with Crippen molar-refractivity contribution in [3.05, 3.63) is 54.1 Å². The van der Waals surface area contributed by atoms with Crippen molar-refractivity contribution in [2.75, 3.05) is 20.8 Å². The Labute approximate surface area is 185 Å². The average molecular weight is 439 g/mol. The lowest BCUT2D eigenvalue weighted by Gasteiger charge is -2.12. The lowest BCUT2D eigenvalue weighted by atomic mass is 10.0. The highest BCUT2D eigenvalue weighted by Gasteiger charge is 2.34. The molecule has 168 valence electrons. The largest absolute Gasteiger partial charge is 0.491 e. The van der Waals surface area contributed by atoms with Gasteiger partial charge in [-0.05, 0) is 29.7 Å². The number of methoxy groups -OCH3 is 2. The van der Waals surface area contributed by atoms with Crippen molar-refractivity contribution in [1.82, 2.24) is 5.32 Å². The number of benzene rings is 2. The zero-order chi connectivity index (χ0) is 23.1. The maximum absolute atomic E-state index is 12.0. The standard InChI is InChI=1S/C23H25N3O6/c1-30-20(27)12-17-11-18(25-22(17)28)13-32-19-9-7-15(8-10-19)14-3-5-16(6-4-14)21(24)26-23(29)31-2/h3-10,17-18H,11-13H2,1-2H3,(H,25,28)(H2,24,26,29)/t17-,18-/m0/s1. The first-order chi connectivity index (χ1) is 15.4. The fourth-order valence-electron chi connectivity index (χ4n) is 3.38. The average Bonchev–Trinajstić information content (AvgIpc) is 3.16. The molecule has 1 aliphatic rings. The van der Waals surface area contributed by atoms with Gasteiger partial charge in [-0.25, -0.2) is 4.79 Å². The van der Waals surface area contributed by atoms with Gasteiger partial charge in [0.2, 0.25) is 5.91 Å². The maximum Gasteiger partial charge on any atom is 0.435 e. The van der Waals surface area contributed by atoms with E-state index in [-0.39, 0.29) is 30.1 Å². The number of esters is 1. The minimum atomic E-state index is -0.752. The Morgan fingerprint density at radius 3 is 2.25 bits per heavy atom. The number of nitrogens with zero attached hydrogens (tertiary/aromatic N) is 1. The van der Waals surface area contributed by atoms with E-state index < -0.39 is 12.1 Å². The summed E-state index contributed by atoms with van der Waals surface area (Å²) < 4.78 is 14.9. The van der Waals surface area contributed by atoms with Crippen molar-refractivity contribution in [2.24, 2.45) is 16.6 Å². The number of hydrogen-bond donors (Lipinski definition) is 2. The van der Waals surface area contributed by atoms with Crippen LogP contribution in [-0.2, 0) is 19.1 Å². The number of amidine groups is 1. The van der Waals surface area contributed by atoms with Crippen LogP contribution in [0.5, 0.6) is 5.75 Å². The van der Waals surface area contributed by atoms with Crippen molar-refractivity contribution in [3.63, 3.8) is 0 Å². The second kappa shape index (κ2) is 10.4. The van der Waals surface area contributed by atoms with Crippen LogP contribution < -0.4 is 15.8 Å². The third-order valence-corrected chi connectivity index (χ3v) is 5.13. The second-order valence-electron chi connectivity index (χ2n) is 7.30. The molecule has 9 nitrogen and oxygen atoms in total. The first-order valence-electron chi connectivity index (χ1n) is 10.0. The molecule has 9 heteroatoms. The van der Waals surface area contributed by atoms with Crippen LogP contribution in [0.2, 0.25) is 0 Å². The molecule has 0 aromatic heterocycles. The normalized spacial score (nSPS) is 18.1. The lowest BCUT2D eigenvalue weighted by Crippen LogP contribution is -2.31. The zero-order valence-electron chi connectivity index (χ0n) is 17.9. The van der Waals surface area contributed by atoms with E-state index in [0.717, 1.165) is 11.1 Å². The third-order valence-electron chi connectivity index (χ3n) is 5.13. The zero-order valence-corrected chi connectivity index (χ0v) is 17.9. The Hall–Kier alpha value is -3.88. The SMILES string of the molecule is COC(=O)C[C@@H]1C[C@@H](COc2ccc(-c3ccc(/C(N)=N/C(=O)OC)cc3)cc2)NC1=O. The molecule has 0 unspecified atom stereocenters. The highest BCUT2D eigenvalue weighted by molar-refractivity contribution is 6.03. The number of carbonyl (C=O) groups is 3. The minimum Gasteiger partial charge on any atom is -0.491 e. The minimum absolute atomic E-state index is 0.0759. The molecule has 0 aliphatic carbocycles. The number of amides is 2. The summed E-state index contributed by atoms with van der Waals surface area (Å²) in [5.41, 5.74) is 8.34. The van der Waals surface area contributed by atoms with E-state index >= 15 is 0 Å². The number of nitrogens with two attached hydrogens (primary N) is 1. The second-order valence-corrected chi connectivity index (χ2v) is 7.30. The van der Waals surface area contributed by atoms with Gasteiger partial charge in [0.1, 0.15) is 18.2 Å². The number of rotatable bonds is 7. The molecule has 2 aromatic rings. The van der Waals surface area contributed by atoms with Crippen LogP contribution in [0.4, 0.5) is 4.79 Å². The smallest absolute Gasteiger partial charge is 0.435 e. The predicted molar refractivity (Wildman–Crippen MR) is 117 cm³/mol. The third kappa shape index (κ3) is 5.84. The summed E-state index contributed by atoms with van der Waals surface area (Å²) in [5.74, 6) is -0.174. The number of ether oxygens (including phenoxy) is 3. The monoisotopic (exact) mass is 439 g/mol. The summed E-state index contributed by atoms with van der Waals surface area (Å²) in [4.78, 5) is 38.2. The molecule has 32 heavy (non-hydrogen) atoms. The summed E-state index contributed by atoms with van der Waals surface area (Å²) in [6.07, 6.45) is -0.147. The number of carbonyl (C=O) groups excluding carboxylic acids is 3. The number of nitrogens with one attached hydrogen (secondary N) is 1. The van der Waals surface area contributed by atoms with E-state index in [0.29, 0.717) is 24.3 Å². The van der Waals surface area contributed by atoms with E-state index in [4.69, 9.17) is 10.5 Å². The number of aliphatic imine (C=N–C) groups is 1. The first kappa shape index (κ1) is 22.8. The molecule has 2 amide bonds. The Kier molecular flexibility index (Phi) is 7.43. The van der Waals surface area contributed by atoms with Crippen molar-refractivity contribution in [1.29, 1.82) is 0 Å². The molecule has 2 atom stereocenters. The van der Waals surface area contributed by atoms with Gasteiger partial charge in [-0.15, -0.1) is 0 Å². The van der Waals surface area contributed by atoms with Gasteiger partial charge in [0, 0.05) is 5.56 Å². The summed E-state index contributed by atoms with van der Waals surface area (Å²) in [6, 6.07) is 14.7. The number of hydrogen-bond acceptors (Lipinski definition) is 6. The van der Waals surface area contributed by atoms with Crippen LogP contribution in [0.1, 0.15) is 18.4 Å². The molecule has 2 aromatic carbocycles. The summed E-state index contributed by atoms with van der Waals surface area (Å²) in [7, 11) is 2.55. The molecule has 3 rings (SSSR count). The Balaban J connectivity index is 1.55. The van der Waals surface area contributed by atoms with Gasteiger partial charge in [0.15, 0.2) is 0 Å². The van der Waals surface area contributed by atoms with Gasteiger partial charge < -0.3 is 25.3 Å². The van der Waals surface area contributed by atoms with E-state index in [9.17, 15) is 14.4 Å². The molecular formula is C23H25N3O6. The van der Waals surface area contributed by atoms with Crippen LogP contribution >= 0.6 is 0 Å². The van der Waals surface area contributed by atoms with Crippen molar-refractivity contribution >= 4 is 23.8 Å². The molecule has 3 N–H and O–H groups in total. The summed E-state index contributed by atoms with van der Waals surface area (Å²) in [5, 5.41) is 2.85. The van der Waals surface area contributed by atoms with Crippen LogP contribution in [0, 0.1) is 5.92 Å². The fourth-order valence-corrected chi connectivity index (χ4v) is 3.38. The fraction of sp³-hybridized carbons (Fsp3) is 0.304. The molecule has 0 radical (unpaired) electrons. The molecule has 1 heterocycles. The molecule has 1 aliphatic heterocycles. The Bertz CT molecular complexity index is 1000. The van der Waals surface area contributed by atoms with Crippen molar-refractivity contribution in [3.8, 4) is 16.9 Å². The van der Waals surface area contributed by atoms with Crippen molar-refractivity contribution in [2.45, 2.75) is 18.9 Å². The van der Waals surface area contributed by atoms with Crippen LogP contribution in [-0.4, -0.2) is 50.7 Å². The summed E-state index contributed by atoms with van der Waals surface area (Å²) in [6.45, 7) is 0.316. The Morgan fingerprint density at radius 1 is 1.03 bits per heavy atom. The topological polar surface area (TPSA) is 129 Å². The molecular weight excluding hydrogens is 414 g/mol. The maximum atomic E-state index is 12.0. The van der Waals surface area contributed by atoms with Gasteiger partial charge >= 0.3 is 12.1 Å². The van der Waals surface area contributed by atoms with Crippen LogP contribution in [0.25, 0.3) is 11.1 Å². The molecule has 1 saturated heterocycles. The van der Waals surface area contributed by atoms with Gasteiger partial charge in [-0.2, -0.15) is 4.99 Å². The molecule has 0 saturated carbocycles. The van der Waals surface area contributed by atoms with Crippen molar-refractivity contribution < 1.29 is 28.6 Å². The molecule has 0 bridgehead atoms. The van der Waals surface area contributed by atoms with E-state index in [2.05, 4.69) is 19.8 Å². The summed E-state index contributed by atoms with van der Waals surface area (Å²) >= 11 is 0. The van der Waals surface area contributed by atoms with Gasteiger partial charge in [0.05, 0.1) is 32.6 Å². The molecule has 1 fully saturated rings. The predicted octanol–water partition coefficient (Wildman–Crippen LogP) is 2.27. The molecule has 0 spiro atoms. The van der Waals surface area contributed by atoms with Crippen LogP contribution in [0.15, 0.2) is 53.5 Å². The van der Waals surface area contributed by atoms with E-state index in [1.165, 1.54) is 14.2 Å². The quantitative estimate of drug-likeness (QED) is 0.385. The van der Waals surface area contributed by atoms with Gasteiger partial charge in [-0.1, -0.05) is 36.4 Å². The van der Waals surface area contributed by atoms with Crippen LogP contribution in [0.3, 0.4) is 0 Å². The van der Waals surface area contributed by atoms with E-state index in [1.807, 2.05) is 36.4 Å². The lowest BCUT2D eigenvalue weighted by molar-refractivity contribution is -0.143. The van der Waals surface area contributed by atoms with Gasteiger partial charge in [-0.3, -0.25) is 9.59 Å². The highest BCUT2D eigenvalue weighted by Crippen LogP contribution is 2.24.